The van der Waals surface area contributed by atoms with Crippen LogP contribution in [0.5, 0.6) is 0 Å². The van der Waals surface area contributed by atoms with E-state index in [1.807, 2.05) is 0 Å². The minimum atomic E-state index is -4.88. The number of nitrogens with zero attached hydrogens (tertiary/aromatic N) is 3. The van der Waals surface area contributed by atoms with Gasteiger partial charge >= 0.3 is 6.18 Å². The van der Waals surface area contributed by atoms with Crippen molar-refractivity contribution in [1.82, 2.24) is 4.98 Å². The minimum Gasteiger partial charge on any atom is -0.391 e. The zero-order valence-electron chi connectivity index (χ0n) is 17.3. The first-order valence-corrected chi connectivity index (χ1v) is 12.2. The molecule has 3 aromatic rings. The zero-order valence-corrected chi connectivity index (χ0v) is 20.4. The molecule has 1 aromatic heterocycles. The van der Waals surface area contributed by atoms with Crippen LogP contribution in [0.2, 0.25) is 15.1 Å². The molecule has 0 bridgehead atoms. The molecule has 0 saturated carbocycles. The minimum absolute atomic E-state index is 0.110. The van der Waals surface area contributed by atoms with E-state index in [9.17, 15) is 26.9 Å². The summed E-state index contributed by atoms with van der Waals surface area (Å²) in [5.74, 6) is 0. The van der Waals surface area contributed by atoms with Crippen LogP contribution in [-0.2, 0) is 27.5 Å². The molecule has 0 spiro atoms. The monoisotopic (exact) mass is 561 g/mol. The summed E-state index contributed by atoms with van der Waals surface area (Å²) in [4.78, 5) is 7.65. The molecule has 0 radical (unpaired) electrons. The fraction of sp³-hybridized carbons (Fsp3) is 0.136. The summed E-state index contributed by atoms with van der Waals surface area (Å²) in [5.41, 5.74) is -1.52. The summed E-state index contributed by atoms with van der Waals surface area (Å²) in [6.07, 6.45) is -3.61. The lowest BCUT2D eigenvalue weighted by Gasteiger charge is -2.16. The largest absolute Gasteiger partial charge is 0.417 e. The number of rotatable bonds is 7. The average molecular weight is 563 g/mol. The van der Waals surface area contributed by atoms with E-state index in [0.717, 1.165) is 6.21 Å². The molecule has 0 unspecified atom stereocenters. The molecular weight excluding hydrogens is 550 g/mol. The lowest BCUT2D eigenvalue weighted by molar-refractivity contribution is -0.138. The van der Waals surface area contributed by atoms with Crippen molar-refractivity contribution in [2.75, 3.05) is 0 Å². The number of hydrogen-bond acceptors (Lipinski definition) is 6. The van der Waals surface area contributed by atoms with Crippen molar-refractivity contribution in [3.8, 4) is 6.07 Å². The zero-order chi connectivity index (χ0) is 25.8. The van der Waals surface area contributed by atoms with Crippen molar-refractivity contribution >= 4 is 50.9 Å². The van der Waals surface area contributed by atoms with Crippen LogP contribution < -0.4 is 0 Å². The quantitative estimate of drug-likeness (QED) is 0.237. The topological polar surface area (TPSA) is 92.4 Å². The number of benzene rings is 2. The Bertz CT molecular complexity index is 1390. The molecule has 35 heavy (non-hydrogen) atoms. The Morgan fingerprint density at radius 2 is 1.74 bits per heavy atom. The number of nitriles is 1. The van der Waals surface area contributed by atoms with Gasteiger partial charge in [-0.05, 0) is 35.9 Å². The second-order valence-electron chi connectivity index (χ2n) is 6.93. The lowest BCUT2D eigenvalue weighted by Crippen LogP contribution is -2.19. The van der Waals surface area contributed by atoms with Crippen LogP contribution in [0.15, 0.2) is 64.8 Å². The number of hydrogen-bond donors (Lipinski definition) is 0. The van der Waals surface area contributed by atoms with E-state index in [0.29, 0.717) is 32.9 Å². The van der Waals surface area contributed by atoms with Gasteiger partial charge in [-0.2, -0.15) is 18.4 Å². The predicted octanol–water partition coefficient (Wildman–Crippen LogP) is 6.65. The molecule has 1 heterocycles. The molecular formula is C22H13Cl3F3N3O3S. The van der Waals surface area contributed by atoms with Gasteiger partial charge in [0.15, 0.2) is 15.5 Å². The molecule has 0 amide bonds. The Balaban J connectivity index is 2.04. The van der Waals surface area contributed by atoms with Crippen LogP contribution in [0.3, 0.4) is 0 Å². The molecule has 0 N–H and O–H groups in total. The first-order chi connectivity index (χ1) is 16.4. The third-order valence-corrected chi connectivity index (χ3v) is 7.61. The number of oxime groups is 1. The van der Waals surface area contributed by atoms with Crippen LogP contribution in [0.1, 0.15) is 27.6 Å². The van der Waals surface area contributed by atoms with Gasteiger partial charge in [-0.15, -0.1) is 0 Å². The van der Waals surface area contributed by atoms with Gasteiger partial charge < -0.3 is 4.84 Å². The van der Waals surface area contributed by atoms with E-state index in [1.165, 1.54) is 30.3 Å². The fourth-order valence-electron chi connectivity index (χ4n) is 2.91. The molecule has 0 fully saturated rings. The average Bonchev–Trinajstić information content (AvgIpc) is 2.80. The van der Waals surface area contributed by atoms with E-state index < -0.39 is 37.4 Å². The van der Waals surface area contributed by atoms with Gasteiger partial charge in [0.1, 0.15) is 22.8 Å². The van der Waals surface area contributed by atoms with E-state index in [2.05, 4.69) is 10.1 Å². The van der Waals surface area contributed by atoms with Crippen molar-refractivity contribution < 1.29 is 26.4 Å². The van der Waals surface area contributed by atoms with Gasteiger partial charge in [0.2, 0.25) is 0 Å². The highest BCUT2D eigenvalue weighted by Crippen LogP contribution is 2.35. The van der Waals surface area contributed by atoms with Crippen LogP contribution in [0.4, 0.5) is 13.2 Å². The van der Waals surface area contributed by atoms with E-state index in [1.54, 1.807) is 18.2 Å². The summed E-state index contributed by atoms with van der Waals surface area (Å²) >= 11 is 18.0. The Morgan fingerprint density at radius 3 is 2.31 bits per heavy atom. The molecule has 13 heteroatoms. The van der Waals surface area contributed by atoms with Crippen LogP contribution in [-0.4, -0.2) is 19.6 Å². The van der Waals surface area contributed by atoms with Gasteiger partial charge in [-0.1, -0.05) is 58.2 Å². The van der Waals surface area contributed by atoms with Crippen LogP contribution in [0, 0.1) is 11.3 Å². The third-order valence-electron chi connectivity index (χ3n) is 4.67. The van der Waals surface area contributed by atoms with Crippen molar-refractivity contribution in [3.05, 3.63) is 92.2 Å². The second-order valence-corrected chi connectivity index (χ2v) is 10.2. The van der Waals surface area contributed by atoms with Crippen LogP contribution >= 0.6 is 34.8 Å². The summed E-state index contributed by atoms with van der Waals surface area (Å²) < 4.78 is 66.6. The highest BCUT2D eigenvalue weighted by atomic mass is 35.5. The fourth-order valence-corrected chi connectivity index (χ4v) is 5.20. The number of pyridine rings is 1. The van der Waals surface area contributed by atoms with Crippen molar-refractivity contribution in [2.45, 2.75) is 22.9 Å². The maximum absolute atomic E-state index is 13.5. The Labute approximate surface area is 213 Å². The number of halogens is 6. The summed E-state index contributed by atoms with van der Waals surface area (Å²) in [7, 11) is -4.66. The third kappa shape index (κ3) is 6.24. The lowest BCUT2D eigenvalue weighted by atomic mass is 10.2. The van der Waals surface area contributed by atoms with E-state index in [-0.39, 0.29) is 12.2 Å². The highest BCUT2D eigenvalue weighted by molar-refractivity contribution is 7.92. The van der Waals surface area contributed by atoms with Gasteiger partial charge in [-0.25, -0.2) is 13.4 Å². The SMILES string of the molecule is N#Cc1ncc(C(F)(F)F)cc1S(=O)(=O)[C@@H](/C=N\OCc1c(Cl)cccc1Cl)c1ccc(Cl)cc1. The van der Waals surface area contributed by atoms with Crippen LogP contribution in [0.25, 0.3) is 0 Å². The summed E-state index contributed by atoms with van der Waals surface area (Å²) in [6.45, 7) is -0.211. The molecule has 0 saturated heterocycles. The maximum Gasteiger partial charge on any atom is 0.417 e. The maximum atomic E-state index is 13.5. The Kier molecular flexibility index (Phi) is 8.28. The number of sulfone groups is 1. The molecule has 0 aliphatic rings. The normalized spacial score (nSPS) is 12.9. The smallest absolute Gasteiger partial charge is 0.391 e. The molecule has 0 aliphatic heterocycles. The molecule has 1 atom stereocenters. The Morgan fingerprint density at radius 1 is 1.11 bits per heavy atom. The first kappa shape index (κ1) is 26.8. The number of alkyl halides is 3. The predicted molar refractivity (Wildman–Crippen MR) is 125 cm³/mol. The van der Waals surface area contributed by atoms with Crippen molar-refractivity contribution in [3.63, 3.8) is 0 Å². The van der Waals surface area contributed by atoms with Crippen molar-refractivity contribution in [2.24, 2.45) is 5.16 Å². The molecule has 0 aliphatic carbocycles. The standard InChI is InChI=1S/C22H13Cl3F3N3O3S/c23-15-6-4-13(5-7-15)21(11-31-34-12-16-17(24)2-1-3-18(16)25)35(32,33)20-8-14(22(26,27)28)10-30-19(20)9-29/h1-8,10-11,21H,12H2/b31-11-/t21-/m0/s1. The summed E-state index contributed by atoms with van der Waals surface area (Å²) in [6, 6.07) is 12.1. The highest BCUT2D eigenvalue weighted by Gasteiger charge is 2.36. The molecule has 3 rings (SSSR count). The summed E-state index contributed by atoms with van der Waals surface area (Å²) in [5, 5.41) is 12.2. The number of aromatic nitrogens is 1. The van der Waals surface area contributed by atoms with Crippen molar-refractivity contribution in [1.29, 1.82) is 5.26 Å². The Hall–Kier alpha value is -2.84. The van der Waals surface area contributed by atoms with Gasteiger partial charge in [0.25, 0.3) is 0 Å². The van der Waals surface area contributed by atoms with Gasteiger partial charge in [0, 0.05) is 26.8 Å². The van der Waals surface area contributed by atoms with Gasteiger partial charge in [0.05, 0.1) is 11.8 Å². The first-order valence-electron chi connectivity index (χ1n) is 9.50. The van der Waals surface area contributed by atoms with Gasteiger partial charge in [-0.3, -0.25) is 0 Å². The van der Waals surface area contributed by atoms with E-state index in [4.69, 9.17) is 39.6 Å². The molecule has 6 nitrogen and oxygen atoms in total. The molecule has 2 aromatic carbocycles. The molecule has 182 valence electrons. The van der Waals surface area contributed by atoms with E-state index >= 15 is 0 Å². The second kappa shape index (κ2) is 10.8.